The highest BCUT2D eigenvalue weighted by atomic mass is 19.4. The predicted octanol–water partition coefficient (Wildman–Crippen LogP) is 2.51. The number of anilines is 1. The number of hydrogen-bond acceptors (Lipinski definition) is 6. The monoisotopic (exact) mass is 393 g/mol. The fourth-order valence-corrected chi connectivity index (χ4v) is 1.57. The van der Waals surface area contributed by atoms with Gasteiger partial charge in [0.15, 0.2) is 5.82 Å². The Kier molecular flexibility index (Phi) is 6.46. The SMILES string of the molecule is CCOC(=O)[C@@](NC(=O)Nc1cc(C)on1)(OCC(F)(F)F)C(F)(F)F. The number of nitrogens with one attached hydrogen (secondary N) is 2. The molecule has 1 aromatic heterocycles. The number of amides is 2. The molecule has 14 heteroatoms. The Morgan fingerprint density at radius 3 is 2.27 bits per heavy atom. The van der Waals surface area contributed by atoms with Crippen molar-refractivity contribution < 1.29 is 49.9 Å². The molecular weight excluding hydrogens is 380 g/mol. The first kappa shape index (κ1) is 21.5. The topological polar surface area (TPSA) is 103 Å². The number of rotatable bonds is 6. The van der Waals surface area contributed by atoms with E-state index in [0.717, 1.165) is 18.3 Å². The third-order valence-electron chi connectivity index (χ3n) is 2.57. The van der Waals surface area contributed by atoms with Crippen molar-refractivity contribution >= 4 is 17.8 Å². The Hall–Kier alpha value is -2.51. The lowest BCUT2D eigenvalue weighted by atomic mass is 10.2. The van der Waals surface area contributed by atoms with E-state index >= 15 is 0 Å². The number of aromatic nitrogens is 1. The van der Waals surface area contributed by atoms with E-state index in [1.165, 1.54) is 6.92 Å². The molecule has 0 aromatic carbocycles. The van der Waals surface area contributed by atoms with Gasteiger partial charge in [0.1, 0.15) is 12.4 Å². The van der Waals surface area contributed by atoms with Crippen LogP contribution in [0, 0.1) is 6.92 Å². The Balaban J connectivity index is 3.14. The van der Waals surface area contributed by atoms with E-state index in [4.69, 9.17) is 0 Å². The van der Waals surface area contributed by atoms with Crippen molar-refractivity contribution in [2.24, 2.45) is 0 Å². The molecule has 1 rings (SSSR count). The minimum Gasteiger partial charge on any atom is -0.462 e. The van der Waals surface area contributed by atoms with Crippen molar-refractivity contribution in [3.05, 3.63) is 11.8 Å². The number of carbonyl (C=O) groups is 2. The first-order chi connectivity index (χ1) is 11.8. The minimum absolute atomic E-state index is 0.182. The van der Waals surface area contributed by atoms with Crippen LogP contribution in [0.3, 0.4) is 0 Å². The molecule has 0 unspecified atom stereocenters. The van der Waals surface area contributed by atoms with Crippen molar-refractivity contribution in [2.75, 3.05) is 18.5 Å². The summed E-state index contributed by atoms with van der Waals surface area (Å²) >= 11 is 0. The lowest BCUT2D eigenvalue weighted by Crippen LogP contribution is -2.67. The van der Waals surface area contributed by atoms with Crippen molar-refractivity contribution in [1.82, 2.24) is 10.5 Å². The number of ether oxygens (including phenoxy) is 2. The molecule has 0 fully saturated rings. The summed E-state index contributed by atoms with van der Waals surface area (Å²) in [7, 11) is 0. The molecule has 0 saturated carbocycles. The highest BCUT2D eigenvalue weighted by molar-refractivity contribution is 5.93. The zero-order valence-electron chi connectivity index (χ0n) is 13.2. The number of alkyl halides is 6. The molecule has 26 heavy (non-hydrogen) atoms. The van der Waals surface area contributed by atoms with Gasteiger partial charge in [0, 0.05) is 6.07 Å². The first-order valence-corrected chi connectivity index (χ1v) is 6.78. The molecule has 0 aliphatic heterocycles. The van der Waals surface area contributed by atoms with Gasteiger partial charge in [-0.15, -0.1) is 0 Å². The van der Waals surface area contributed by atoms with Crippen LogP contribution in [0.2, 0.25) is 0 Å². The van der Waals surface area contributed by atoms with Gasteiger partial charge in [-0.2, -0.15) is 26.3 Å². The van der Waals surface area contributed by atoms with Crippen LogP contribution in [-0.2, 0) is 14.3 Å². The molecule has 0 saturated heterocycles. The molecule has 0 spiro atoms. The van der Waals surface area contributed by atoms with Crippen LogP contribution in [0.15, 0.2) is 10.6 Å². The Morgan fingerprint density at radius 1 is 1.23 bits per heavy atom. The summed E-state index contributed by atoms with van der Waals surface area (Å²) in [6, 6.07) is -0.624. The molecule has 2 N–H and O–H groups in total. The summed E-state index contributed by atoms with van der Waals surface area (Å²) in [5.41, 5.74) is -4.39. The minimum atomic E-state index is -5.78. The Morgan fingerprint density at radius 2 is 1.85 bits per heavy atom. The summed E-state index contributed by atoms with van der Waals surface area (Å²) in [6.07, 6.45) is -11.0. The molecular formula is C12H13F6N3O5. The zero-order valence-corrected chi connectivity index (χ0v) is 13.2. The summed E-state index contributed by atoms with van der Waals surface area (Å²) in [4.78, 5) is 23.5. The lowest BCUT2D eigenvalue weighted by Gasteiger charge is -2.33. The van der Waals surface area contributed by atoms with Gasteiger partial charge in [-0.25, -0.2) is 9.59 Å². The highest BCUT2D eigenvalue weighted by Crippen LogP contribution is 2.34. The van der Waals surface area contributed by atoms with Crippen LogP contribution in [0.25, 0.3) is 0 Å². The van der Waals surface area contributed by atoms with Gasteiger partial charge in [0.2, 0.25) is 0 Å². The quantitative estimate of drug-likeness (QED) is 0.437. The van der Waals surface area contributed by atoms with Crippen molar-refractivity contribution in [1.29, 1.82) is 0 Å². The molecule has 0 aliphatic rings. The van der Waals surface area contributed by atoms with E-state index in [2.05, 4.69) is 19.2 Å². The predicted molar refractivity (Wildman–Crippen MR) is 70.8 cm³/mol. The number of nitrogens with zero attached hydrogens (tertiary/aromatic N) is 1. The molecule has 1 heterocycles. The molecule has 1 atom stereocenters. The molecule has 2 amide bonds. The largest absolute Gasteiger partial charge is 0.462 e. The van der Waals surface area contributed by atoms with E-state index in [0.29, 0.717) is 0 Å². The number of aryl methyl sites for hydroxylation is 1. The number of halogens is 6. The maximum absolute atomic E-state index is 13.4. The van der Waals surface area contributed by atoms with E-state index in [1.807, 2.05) is 0 Å². The fourth-order valence-electron chi connectivity index (χ4n) is 1.57. The third kappa shape index (κ3) is 5.50. The van der Waals surface area contributed by atoms with Crippen molar-refractivity contribution in [2.45, 2.75) is 31.9 Å². The summed E-state index contributed by atoms with van der Waals surface area (Å²) in [5, 5.41) is 6.04. The normalized spacial score (nSPS) is 14.5. The second kappa shape index (κ2) is 7.80. The third-order valence-corrected chi connectivity index (χ3v) is 2.57. The molecule has 0 aliphatic carbocycles. The number of carbonyl (C=O) groups excluding carboxylic acids is 2. The van der Waals surface area contributed by atoms with Gasteiger partial charge in [-0.1, -0.05) is 5.16 Å². The van der Waals surface area contributed by atoms with Gasteiger partial charge < -0.3 is 14.0 Å². The van der Waals surface area contributed by atoms with Gasteiger partial charge in [-0.05, 0) is 13.8 Å². The average molecular weight is 393 g/mol. The second-order valence-corrected chi connectivity index (χ2v) is 4.71. The number of hydrogen-bond donors (Lipinski definition) is 2. The van der Waals surface area contributed by atoms with Crippen molar-refractivity contribution in [3.8, 4) is 0 Å². The molecule has 0 bridgehead atoms. The molecule has 1 aromatic rings. The van der Waals surface area contributed by atoms with E-state index in [-0.39, 0.29) is 11.6 Å². The summed E-state index contributed by atoms with van der Waals surface area (Å²) in [5.74, 6) is -2.44. The van der Waals surface area contributed by atoms with Crippen LogP contribution in [0.5, 0.6) is 0 Å². The van der Waals surface area contributed by atoms with Crippen LogP contribution >= 0.6 is 0 Å². The lowest BCUT2D eigenvalue weighted by molar-refractivity contribution is -0.305. The average Bonchev–Trinajstić information content (AvgIpc) is 2.86. The maximum Gasteiger partial charge on any atom is 0.448 e. The fraction of sp³-hybridized carbons (Fsp3) is 0.583. The van der Waals surface area contributed by atoms with Crippen molar-refractivity contribution in [3.63, 3.8) is 0 Å². The molecule has 0 radical (unpaired) electrons. The van der Waals surface area contributed by atoms with Crippen LogP contribution in [0.4, 0.5) is 37.0 Å². The number of urea groups is 1. The van der Waals surface area contributed by atoms with Crippen LogP contribution in [-0.4, -0.2) is 48.4 Å². The van der Waals surface area contributed by atoms with Crippen LogP contribution in [0.1, 0.15) is 12.7 Å². The summed E-state index contributed by atoms with van der Waals surface area (Å²) < 4.78 is 89.4. The molecule has 8 nitrogen and oxygen atoms in total. The molecule has 148 valence electrons. The zero-order chi connectivity index (χ0) is 20.2. The van der Waals surface area contributed by atoms with Gasteiger partial charge in [-0.3, -0.25) is 10.6 Å². The van der Waals surface area contributed by atoms with E-state index in [9.17, 15) is 35.9 Å². The maximum atomic E-state index is 13.4. The van der Waals surface area contributed by atoms with E-state index in [1.54, 1.807) is 5.32 Å². The number of esters is 1. The Bertz CT molecular complexity index is 644. The summed E-state index contributed by atoms with van der Waals surface area (Å²) in [6.45, 7) is -0.575. The van der Waals surface area contributed by atoms with Crippen LogP contribution < -0.4 is 10.6 Å². The Labute approximate surface area is 141 Å². The standard InChI is InChI=1S/C12H13F6N3O5/c1-3-24-8(22)11(12(16,17)18,25-5-10(13,14)15)20-9(23)19-7-4-6(2)26-21-7/h4H,3,5H2,1-2H3,(H2,19,20,21,23)/t11-/m1/s1. The van der Waals surface area contributed by atoms with Gasteiger partial charge in [0.25, 0.3) is 0 Å². The van der Waals surface area contributed by atoms with Gasteiger partial charge in [0.05, 0.1) is 6.61 Å². The highest BCUT2D eigenvalue weighted by Gasteiger charge is 2.66. The first-order valence-electron chi connectivity index (χ1n) is 6.78. The smallest absolute Gasteiger partial charge is 0.448 e. The second-order valence-electron chi connectivity index (χ2n) is 4.71. The van der Waals surface area contributed by atoms with E-state index < -0.39 is 43.3 Å². The van der Waals surface area contributed by atoms with Gasteiger partial charge >= 0.3 is 30.1 Å².